The largest absolute Gasteiger partial charge is 0 e. The van der Waals surface area contributed by atoms with E-state index in [0.717, 1.165) is 0 Å². The topological polar surface area (TPSA) is 0 Å². The molecule has 0 aliphatic heterocycles. The van der Waals surface area contributed by atoms with Crippen LogP contribution >= 0.6 is 0 Å². The summed E-state index contributed by atoms with van der Waals surface area (Å²) in [5.74, 6) is 0. The van der Waals surface area contributed by atoms with E-state index in [2.05, 4.69) is 0 Å². The monoisotopic (exact) mass is 364 g/mol. The van der Waals surface area contributed by atoms with Gasteiger partial charge in [0.15, 0.2) is 0 Å². The number of rotatable bonds is 0. The molecule has 0 aromatic carbocycles. The molecule has 5 heteroatoms. The van der Waals surface area contributed by atoms with Crippen LogP contribution in [0.1, 0.15) is 0 Å². The number of hydrogen-bond acceptors (Lipinski definition) is 0. The fourth-order valence-corrected chi connectivity index (χ4v) is 0. The Morgan fingerprint density at radius 3 is 1.00 bits per heavy atom. The van der Waals surface area contributed by atoms with Gasteiger partial charge in [-0.3, -0.25) is 0 Å². The molecule has 0 rings (SSSR count). The molecule has 0 spiro atoms. The molecule has 0 aliphatic carbocycles. The van der Waals surface area contributed by atoms with Crippen molar-refractivity contribution in [1.29, 1.82) is 0 Å². The summed E-state index contributed by atoms with van der Waals surface area (Å²) in [5.41, 5.74) is 0. The SMILES string of the molecule is [Cu].[Ga].[Sn].[Ti].[Zn]. The zero-order valence-electron chi connectivity index (χ0n) is 2.59. The van der Waals surface area contributed by atoms with Crippen molar-refractivity contribution >= 4 is 43.7 Å². The molecule has 0 heterocycles. The van der Waals surface area contributed by atoms with Gasteiger partial charge in [0.25, 0.3) is 0 Å². The fraction of sp³-hybridized carbons (Fsp3) is 0. The zero-order chi connectivity index (χ0) is 0. The predicted molar refractivity (Wildman–Crippen MR) is 11.5 cm³/mol. The molecule has 0 N–H and O–H groups in total. The van der Waals surface area contributed by atoms with Gasteiger partial charge in [0.2, 0.25) is 0 Å². The maximum Gasteiger partial charge on any atom is 0 e. The molecule has 0 aliphatic rings. The van der Waals surface area contributed by atoms with Crippen molar-refractivity contribution in [1.82, 2.24) is 0 Å². The molecule has 0 aromatic rings. The van der Waals surface area contributed by atoms with Gasteiger partial charge in [0.05, 0.1) is 0 Å². The third kappa shape index (κ3) is 18.8. The van der Waals surface area contributed by atoms with Gasteiger partial charge in [-0.25, -0.2) is 0 Å². The van der Waals surface area contributed by atoms with E-state index in [1.807, 2.05) is 0 Å². The van der Waals surface area contributed by atoms with E-state index in [1.165, 1.54) is 0 Å². The number of hydrogen-bond donors (Lipinski definition) is 0. The van der Waals surface area contributed by atoms with Gasteiger partial charge in [-0.05, 0) is 0 Å². The first-order valence-corrected chi connectivity index (χ1v) is 0. The predicted octanol–water partition coefficient (Wildman–Crippen LogP) is -0.769. The van der Waals surface area contributed by atoms with Crippen LogP contribution in [0.15, 0.2) is 0 Å². The summed E-state index contributed by atoms with van der Waals surface area (Å²) in [6.07, 6.45) is 0. The van der Waals surface area contributed by atoms with E-state index in [4.69, 9.17) is 0 Å². The average Bonchev–Trinajstić information content (AvgIpc) is 0. The van der Waals surface area contributed by atoms with Crippen LogP contribution in [0, 0.1) is 0 Å². The van der Waals surface area contributed by atoms with E-state index in [-0.39, 0.29) is 102 Å². The van der Waals surface area contributed by atoms with Crippen LogP contribution in [0.25, 0.3) is 0 Å². The molecule has 24 valence electrons. The molecule has 0 unspecified atom stereocenters. The van der Waals surface area contributed by atoms with Gasteiger partial charge in [0, 0.05) is 102 Å². The second-order valence-electron chi connectivity index (χ2n) is 0. The van der Waals surface area contributed by atoms with Crippen LogP contribution in [0.3, 0.4) is 0 Å². The zero-order valence-corrected chi connectivity index (χ0v) is 13.3. The Bertz CT molecular complexity index is 11.6. The molecule has 8 radical (unpaired) electrons. The maximum absolute atomic E-state index is 0. The van der Waals surface area contributed by atoms with E-state index in [1.54, 1.807) is 0 Å². The van der Waals surface area contributed by atoms with Crippen LogP contribution in [0.5, 0.6) is 0 Å². The molecule has 0 aromatic heterocycles. The Kier molecular flexibility index (Phi) is 217. The van der Waals surface area contributed by atoms with Crippen LogP contribution in [-0.4, -0.2) is 43.7 Å². The van der Waals surface area contributed by atoms with E-state index < -0.39 is 0 Å². The smallest absolute Gasteiger partial charge is 0 e. The summed E-state index contributed by atoms with van der Waals surface area (Å²) in [7, 11) is 0. The van der Waals surface area contributed by atoms with Crippen molar-refractivity contribution < 1.29 is 58.3 Å². The summed E-state index contributed by atoms with van der Waals surface area (Å²) < 4.78 is 0. The quantitative estimate of drug-likeness (QED) is 0.495. The van der Waals surface area contributed by atoms with Gasteiger partial charge in [-0.15, -0.1) is 0 Å². The maximum atomic E-state index is 0. The molecule has 0 fully saturated rings. The molecule has 0 saturated heterocycles. The van der Waals surface area contributed by atoms with E-state index >= 15 is 0 Å². The van der Waals surface area contributed by atoms with E-state index in [0.29, 0.717) is 0 Å². The third-order valence-corrected chi connectivity index (χ3v) is 0. The normalized spacial score (nSPS) is 0. The molecule has 0 nitrogen and oxygen atoms in total. The summed E-state index contributed by atoms with van der Waals surface area (Å²) in [6.45, 7) is 0. The summed E-state index contributed by atoms with van der Waals surface area (Å²) in [4.78, 5) is 0. The van der Waals surface area contributed by atoms with Gasteiger partial charge in [0.1, 0.15) is 0 Å². The second kappa shape index (κ2) is 26.6. The minimum atomic E-state index is 0. The summed E-state index contributed by atoms with van der Waals surface area (Å²) >= 11 is 0. The second-order valence-corrected chi connectivity index (χ2v) is 0. The van der Waals surface area contributed by atoms with Gasteiger partial charge in [-0.1, -0.05) is 0 Å². The first kappa shape index (κ1) is 40.7. The summed E-state index contributed by atoms with van der Waals surface area (Å²) in [5, 5.41) is 0. The third-order valence-electron chi connectivity index (χ3n) is 0. The Hall–Kier alpha value is 3.29. The average molecular weight is 365 g/mol. The molecule has 0 bridgehead atoms. The minimum Gasteiger partial charge on any atom is 0 e. The standard InChI is InChI=1S/Cu.Ga.Sn.Ti.Zn. The Balaban J connectivity index is 0. The first-order chi connectivity index (χ1) is 0. The van der Waals surface area contributed by atoms with Gasteiger partial charge >= 0.3 is 0 Å². The van der Waals surface area contributed by atoms with Crippen molar-refractivity contribution in [2.45, 2.75) is 0 Å². The van der Waals surface area contributed by atoms with Crippen molar-refractivity contribution in [3.8, 4) is 0 Å². The molecule has 0 saturated carbocycles. The summed E-state index contributed by atoms with van der Waals surface area (Å²) in [6, 6.07) is 0. The molecular formula is CuGaSnTiZn. The Morgan fingerprint density at radius 2 is 1.00 bits per heavy atom. The molecule has 5 heavy (non-hydrogen) atoms. The fourth-order valence-electron chi connectivity index (χ4n) is 0. The van der Waals surface area contributed by atoms with Crippen molar-refractivity contribution in [2.24, 2.45) is 0 Å². The van der Waals surface area contributed by atoms with Gasteiger partial charge < -0.3 is 0 Å². The van der Waals surface area contributed by atoms with Gasteiger partial charge in [-0.2, -0.15) is 0 Å². The Labute approximate surface area is 100 Å². The minimum absolute atomic E-state index is 0. The van der Waals surface area contributed by atoms with Crippen LogP contribution in [0.4, 0.5) is 0 Å². The first-order valence-electron chi connectivity index (χ1n) is 0. The molecular weight excluding hydrogens is 365 g/mol. The van der Waals surface area contributed by atoms with Crippen LogP contribution < -0.4 is 0 Å². The van der Waals surface area contributed by atoms with Crippen molar-refractivity contribution in [3.63, 3.8) is 0 Å². The van der Waals surface area contributed by atoms with Crippen LogP contribution in [-0.2, 0) is 58.3 Å². The van der Waals surface area contributed by atoms with Crippen molar-refractivity contribution in [3.05, 3.63) is 0 Å². The Morgan fingerprint density at radius 1 is 1.00 bits per heavy atom. The van der Waals surface area contributed by atoms with Crippen molar-refractivity contribution in [2.75, 3.05) is 0 Å². The molecule has 0 amide bonds. The molecule has 0 atom stereocenters. The van der Waals surface area contributed by atoms with Crippen LogP contribution in [0.2, 0.25) is 0 Å². The van der Waals surface area contributed by atoms with E-state index in [9.17, 15) is 0 Å².